The van der Waals surface area contributed by atoms with Crippen molar-refractivity contribution in [3.05, 3.63) is 82.0 Å². The van der Waals surface area contributed by atoms with E-state index in [-0.39, 0.29) is 17.0 Å². The minimum Gasteiger partial charge on any atom is -0.493 e. The van der Waals surface area contributed by atoms with Gasteiger partial charge in [0.25, 0.3) is 5.91 Å². The van der Waals surface area contributed by atoms with Gasteiger partial charge in [-0.05, 0) is 48.4 Å². The average molecular weight is 496 g/mol. The van der Waals surface area contributed by atoms with Gasteiger partial charge in [0.15, 0.2) is 11.6 Å². The van der Waals surface area contributed by atoms with E-state index in [1.807, 2.05) is 12.1 Å². The first-order chi connectivity index (χ1) is 16.9. The second kappa shape index (κ2) is 11.1. The van der Waals surface area contributed by atoms with E-state index in [1.165, 1.54) is 0 Å². The number of hydrogen-bond donors (Lipinski definition) is 3. The molecule has 0 spiro atoms. The van der Waals surface area contributed by atoms with Crippen molar-refractivity contribution in [1.29, 1.82) is 0 Å². The molecule has 1 aliphatic rings. The van der Waals surface area contributed by atoms with E-state index in [4.69, 9.17) is 21.1 Å². The highest BCUT2D eigenvalue weighted by Crippen LogP contribution is 2.25. The Morgan fingerprint density at radius 3 is 2.74 bits per heavy atom. The van der Waals surface area contributed by atoms with E-state index in [9.17, 15) is 14.7 Å². The molecule has 3 aromatic rings. The van der Waals surface area contributed by atoms with Gasteiger partial charge in [0.05, 0.1) is 23.7 Å². The lowest BCUT2D eigenvalue weighted by atomic mass is 10.0. The average Bonchev–Trinajstić information content (AvgIpc) is 2.84. The Morgan fingerprint density at radius 1 is 1.20 bits per heavy atom. The summed E-state index contributed by atoms with van der Waals surface area (Å²) in [5, 5.41) is 15.7. The Bertz CT molecular complexity index is 1200. The Labute approximate surface area is 208 Å². The topological polar surface area (TPSA) is 110 Å². The molecule has 8 nitrogen and oxygen atoms in total. The van der Waals surface area contributed by atoms with Crippen LogP contribution in [-0.4, -0.2) is 47.8 Å². The van der Waals surface area contributed by atoms with E-state index in [1.54, 1.807) is 49.4 Å². The number of carboxylic acids is 1. The van der Waals surface area contributed by atoms with Gasteiger partial charge in [-0.25, -0.2) is 9.78 Å². The molecule has 0 saturated carbocycles. The summed E-state index contributed by atoms with van der Waals surface area (Å²) in [7, 11) is 0. The summed E-state index contributed by atoms with van der Waals surface area (Å²) in [6.07, 6.45) is 0.754. The fourth-order valence-electron chi connectivity index (χ4n) is 3.78. The Morgan fingerprint density at radius 2 is 2.00 bits per heavy atom. The highest BCUT2D eigenvalue weighted by Gasteiger charge is 2.23. The maximum Gasteiger partial charge on any atom is 0.326 e. The van der Waals surface area contributed by atoms with Crippen molar-refractivity contribution in [2.24, 2.45) is 0 Å². The fraction of sp³-hybridized carbons (Fsp3) is 0.269. The highest BCUT2D eigenvalue weighted by atomic mass is 35.5. The number of hydrogen-bond acceptors (Lipinski definition) is 6. The third kappa shape index (κ3) is 6.22. The molecule has 2 aromatic carbocycles. The number of amides is 1. The third-order valence-corrected chi connectivity index (χ3v) is 5.93. The number of halogens is 1. The minimum absolute atomic E-state index is 0.124. The van der Waals surface area contributed by atoms with Crippen LogP contribution in [0.15, 0.2) is 54.6 Å². The zero-order valence-electron chi connectivity index (χ0n) is 19.2. The summed E-state index contributed by atoms with van der Waals surface area (Å²) >= 11 is 6.14. The van der Waals surface area contributed by atoms with Gasteiger partial charge in [-0.3, -0.25) is 4.79 Å². The molecule has 35 heavy (non-hydrogen) atoms. The van der Waals surface area contributed by atoms with Crippen LogP contribution in [-0.2, 0) is 17.6 Å². The van der Waals surface area contributed by atoms with E-state index < -0.39 is 17.9 Å². The van der Waals surface area contributed by atoms with E-state index in [2.05, 4.69) is 15.6 Å². The SMILES string of the molecule is Cc1cccc(Cl)c1C(=O)N[C@@H](Cc1ccc(OCCc2ccc3c(n2)NCCO3)cc1)C(=O)O. The molecule has 0 fully saturated rings. The smallest absolute Gasteiger partial charge is 0.326 e. The Hall–Kier alpha value is -3.78. The number of rotatable bonds is 9. The number of pyridine rings is 1. The summed E-state index contributed by atoms with van der Waals surface area (Å²) in [5.41, 5.74) is 2.60. The van der Waals surface area contributed by atoms with Crippen molar-refractivity contribution >= 4 is 29.3 Å². The molecule has 0 bridgehead atoms. The van der Waals surface area contributed by atoms with Crippen molar-refractivity contribution in [3.63, 3.8) is 0 Å². The first kappa shape index (κ1) is 24.3. The van der Waals surface area contributed by atoms with Crippen LogP contribution in [0.4, 0.5) is 5.82 Å². The molecule has 1 aromatic heterocycles. The lowest BCUT2D eigenvalue weighted by molar-refractivity contribution is -0.139. The first-order valence-electron chi connectivity index (χ1n) is 11.3. The molecule has 182 valence electrons. The minimum atomic E-state index is -1.12. The number of carbonyl (C=O) groups excluding carboxylic acids is 1. The highest BCUT2D eigenvalue weighted by molar-refractivity contribution is 6.34. The van der Waals surface area contributed by atoms with Gasteiger partial charge in [0.1, 0.15) is 18.4 Å². The number of aromatic nitrogens is 1. The Balaban J connectivity index is 1.31. The maximum atomic E-state index is 12.7. The quantitative estimate of drug-likeness (QED) is 0.413. The van der Waals surface area contributed by atoms with Gasteiger partial charge in [0, 0.05) is 18.5 Å². The van der Waals surface area contributed by atoms with Crippen LogP contribution < -0.4 is 20.1 Å². The van der Waals surface area contributed by atoms with Crippen molar-refractivity contribution in [3.8, 4) is 11.5 Å². The van der Waals surface area contributed by atoms with Crippen molar-refractivity contribution in [2.45, 2.75) is 25.8 Å². The first-order valence-corrected chi connectivity index (χ1v) is 11.7. The molecular formula is C26H26ClN3O5. The van der Waals surface area contributed by atoms with Gasteiger partial charge >= 0.3 is 5.97 Å². The maximum absolute atomic E-state index is 12.7. The summed E-state index contributed by atoms with van der Waals surface area (Å²) in [5.74, 6) is 0.534. The monoisotopic (exact) mass is 495 g/mol. The molecule has 4 rings (SSSR count). The molecule has 0 radical (unpaired) electrons. The molecular weight excluding hydrogens is 470 g/mol. The van der Waals surface area contributed by atoms with Crippen LogP contribution in [0, 0.1) is 6.92 Å². The van der Waals surface area contributed by atoms with Crippen LogP contribution in [0.3, 0.4) is 0 Å². The molecule has 1 amide bonds. The lowest BCUT2D eigenvalue weighted by Gasteiger charge is -2.18. The molecule has 2 heterocycles. The standard InChI is InChI=1S/C26H26ClN3O5/c1-16-3-2-4-20(27)23(16)25(31)30-21(26(32)33)15-17-5-8-19(9-6-17)34-13-11-18-7-10-22-24(29-18)28-12-14-35-22/h2-10,21H,11-15H2,1H3,(H,28,29)(H,30,31)(H,32,33)/t21-/m0/s1. The third-order valence-electron chi connectivity index (χ3n) is 5.61. The van der Waals surface area contributed by atoms with Gasteiger partial charge in [-0.2, -0.15) is 0 Å². The largest absolute Gasteiger partial charge is 0.493 e. The molecule has 0 saturated heterocycles. The number of nitrogens with one attached hydrogen (secondary N) is 2. The van der Waals surface area contributed by atoms with Crippen LogP contribution in [0.25, 0.3) is 0 Å². The summed E-state index contributed by atoms with van der Waals surface area (Å²) in [4.78, 5) is 29.0. The van der Waals surface area contributed by atoms with Gasteiger partial charge in [-0.15, -0.1) is 0 Å². The van der Waals surface area contributed by atoms with Crippen molar-refractivity contribution in [2.75, 3.05) is 25.1 Å². The number of carboxylic acid groups (broad SMARTS) is 1. The molecule has 9 heteroatoms. The molecule has 1 aliphatic heterocycles. The van der Waals surface area contributed by atoms with Gasteiger partial charge in [0.2, 0.25) is 0 Å². The fourth-order valence-corrected chi connectivity index (χ4v) is 4.09. The van der Waals surface area contributed by atoms with E-state index in [0.717, 1.165) is 29.4 Å². The number of aryl methyl sites for hydroxylation is 1. The number of benzene rings is 2. The predicted octanol–water partition coefficient (Wildman–Crippen LogP) is 3.89. The molecule has 3 N–H and O–H groups in total. The summed E-state index contributed by atoms with van der Waals surface area (Å²) in [6.45, 7) is 3.56. The van der Waals surface area contributed by atoms with E-state index >= 15 is 0 Å². The number of fused-ring (bicyclic) bond motifs is 1. The number of anilines is 1. The van der Waals surface area contributed by atoms with Crippen LogP contribution in [0.1, 0.15) is 27.2 Å². The second-order valence-electron chi connectivity index (χ2n) is 8.17. The Kier molecular flexibility index (Phi) is 7.72. The number of aliphatic carboxylic acids is 1. The van der Waals surface area contributed by atoms with Crippen molar-refractivity contribution < 1.29 is 24.2 Å². The van der Waals surface area contributed by atoms with E-state index in [0.29, 0.717) is 30.9 Å². The normalized spacial score (nSPS) is 13.1. The molecule has 1 atom stereocenters. The zero-order chi connectivity index (χ0) is 24.8. The predicted molar refractivity (Wildman–Crippen MR) is 133 cm³/mol. The molecule has 0 unspecified atom stereocenters. The number of carbonyl (C=O) groups is 2. The van der Waals surface area contributed by atoms with Crippen molar-refractivity contribution in [1.82, 2.24) is 10.3 Å². The van der Waals surface area contributed by atoms with Gasteiger partial charge < -0.3 is 25.2 Å². The number of ether oxygens (including phenoxy) is 2. The van der Waals surface area contributed by atoms with Crippen LogP contribution in [0.2, 0.25) is 5.02 Å². The number of nitrogens with zero attached hydrogens (tertiary/aromatic N) is 1. The zero-order valence-corrected chi connectivity index (χ0v) is 20.0. The van der Waals surface area contributed by atoms with Gasteiger partial charge in [-0.1, -0.05) is 35.9 Å². The van der Waals surface area contributed by atoms with Crippen LogP contribution >= 0.6 is 11.6 Å². The lowest BCUT2D eigenvalue weighted by Crippen LogP contribution is -2.42. The molecule has 0 aliphatic carbocycles. The summed E-state index contributed by atoms with van der Waals surface area (Å²) in [6, 6.07) is 15.0. The van der Waals surface area contributed by atoms with Crippen LogP contribution in [0.5, 0.6) is 11.5 Å². The second-order valence-corrected chi connectivity index (χ2v) is 8.57. The summed E-state index contributed by atoms with van der Waals surface area (Å²) < 4.78 is 11.4.